The highest BCUT2D eigenvalue weighted by molar-refractivity contribution is 5.84. The number of hydrogen-bond donors (Lipinski definition) is 1. The summed E-state index contributed by atoms with van der Waals surface area (Å²) in [5.41, 5.74) is 9.99. The van der Waals surface area contributed by atoms with Crippen LogP contribution in [0.4, 0.5) is 5.69 Å². The number of benzene rings is 2. The van der Waals surface area contributed by atoms with Crippen molar-refractivity contribution in [1.29, 1.82) is 0 Å². The Bertz CT molecular complexity index is 1360. The second-order valence-electron chi connectivity index (χ2n) is 12.9. The van der Waals surface area contributed by atoms with Crippen molar-refractivity contribution in [1.82, 2.24) is 14.8 Å². The number of oxazole rings is 1. The maximum absolute atomic E-state index is 6.75. The van der Waals surface area contributed by atoms with Crippen LogP contribution >= 0.6 is 0 Å². The van der Waals surface area contributed by atoms with E-state index in [2.05, 4.69) is 22.8 Å². The topological polar surface area (TPSA) is 80.1 Å². The molecule has 0 unspecified atom stereocenters. The number of fused-ring (bicyclic) bond motifs is 1. The normalized spacial score (nSPS) is 18.9. The van der Waals surface area contributed by atoms with Crippen molar-refractivity contribution in [2.24, 2.45) is 16.6 Å². The zero-order valence-electron chi connectivity index (χ0n) is 26.1. The minimum absolute atomic E-state index is 0.389. The monoisotopic (exact) mass is 583 g/mol. The van der Waals surface area contributed by atoms with Crippen molar-refractivity contribution >= 4 is 11.6 Å². The third-order valence-corrected chi connectivity index (χ3v) is 9.88. The fourth-order valence-electron chi connectivity index (χ4n) is 7.64. The van der Waals surface area contributed by atoms with Gasteiger partial charge in [-0.2, -0.15) is 0 Å². The molecule has 230 valence electrons. The summed E-state index contributed by atoms with van der Waals surface area (Å²) in [6.45, 7) is 6.75. The predicted octanol–water partition coefficient (Wildman–Crippen LogP) is 8.41. The van der Waals surface area contributed by atoms with Gasteiger partial charge in [-0.25, -0.2) is 9.98 Å². The second-order valence-corrected chi connectivity index (χ2v) is 12.9. The van der Waals surface area contributed by atoms with Crippen LogP contribution in [0.2, 0.25) is 0 Å². The first-order chi connectivity index (χ1) is 21.0. The van der Waals surface area contributed by atoms with Crippen molar-refractivity contribution in [3.63, 3.8) is 0 Å². The summed E-state index contributed by atoms with van der Waals surface area (Å²) in [6.07, 6.45) is 15.4. The number of nitrogens with two attached hydrogens (primary N) is 1. The van der Waals surface area contributed by atoms with Gasteiger partial charge in [-0.15, -0.1) is 0 Å². The minimum atomic E-state index is 0.389. The molecule has 2 aliphatic carbocycles. The summed E-state index contributed by atoms with van der Waals surface area (Å²) in [4.78, 5) is 14.8. The van der Waals surface area contributed by atoms with Crippen molar-refractivity contribution in [2.45, 2.75) is 116 Å². The Kier molecular flexibility index (Phi) is 9.67. The number of aliphatic imine (C=N–C) groups is 1. The van der Waals surface area contributed by atoms with Gasteiger partial charge in [-0.1, -0.05) is 56.7 Å². The molecule has 0 bridgehead atoms. The van der Waals surface area contributed by atoms with Gasteiger partial charge in [0, 0.05) is 37.7 Å². The van der Waals surface area contributed by atoms with E-state index in [1.165, 1.54) is 69.8 Å². The molecule has 7 heteroatoms. The summed E-state index contributed by atoms with van der Waals surface area (Å²) >= 11 is 0. The zero-order chi connectivity index (χ0) is 29.6. The number of ether oxygens (including phenoxy) is 1. The summed E-state index contributed by atoms with van der Waals surface area (Å²) in [7, 11) is 0. The minimum Gasteiger partial charge on any atom is -0.457 e. The molecule has 3 aromatic rings. The van der Waals surface area contributed by atoms with Crippen LogP contribution in [0.15, 0.2) is 57.9 Å². The molecule has 0 amide bonds. The molecule has 1 aliphatic heterocycles. The van der Waals surface area contributed by atoms with Crippen LogP contribution in [-0.4, -0.2) is 39.4 Å². The van der Waals surface area contributed by atoms with Crippen LogP contribution in [0.1, 0.15) is 100.0 Å². The van der Waals surface area contributed by atoms with E-state index in [0.29, 0.717) is 24.0 Å². The van der Waals surface area contributed by atoms with Gasteiger partial charge in [0.1, 0.15) is 17.3 Å². The molecule has 1 aromatic heterocycles. The van der Waals surface area contributed by atoms with Crippen molar-refractivity contribution in [3.8, 4) is 11.5 Å². The molecule has 43 heavy (non-hydrogen) atoms. The van der Waals surface area contributed by atoms with Crippen LogP contribution in [0, 0.1) is 19.8 Å². The molecule has 0 spiro atoms. The number of para-hydroxylation sites is 1. The third-order valence-electron chi connectivity index (χ3n) is 9.88. The van der Waals surface area contributed by atoms with Gasteiger partial charge in [0.15, 0.2) is 11.9 Å². The Labute approximate surface area is 257 Å². The molecule has 0 saturated heterocycles. The van der Waals surface area contributed by atoms with E-state index >= 15 is 0 Å². The quantitative estimate of drug-likeness (QED) is 0.244. The summed E-state index contributed by atoms with van der Waals surface area (Å²) in [5, 5.41) is 0. The van der Waals surface area contributed by atoms with E-state index in [1.807, 2.05) is 49.4 Å². The zero-order valence-corrected chi connectivity index (χ0v) is 26.1. The summed E-state index contributed by atoms with van der Waals surface area (Å²) in [5.74, 6) is 4.73. The van der Waals surface area contributed by atoms with E-state index in [1.54, 1.807) is 0 Å². The Balaban J connectivity index is 1.18. The lowest BCUT2D eigenvalue weighted by molar-refractivity contribution is 0.125. The smallest absolute Gasteiger partial charge is 0.197 e. The molecule has 2 saturated carbocycles. The molecular weight excluding hydrogens is 534 g/mol. The van der Waals surface area contributed by atoms with E-state index in [4.69, 9.17) is 24.9 Å². The average Bonchev–Trinajstić information content (AvgIpc) is 3.36. The van der Waals surface area contributed by atoms with Gasteiger partial charge in [-0.05, 0) is 88.2 Å². The van der Waals surface area contributed by atoms with Crippen LogP contribution < -0.4 is 10.5 Å². The van der Waals surface area contributed by atoms with E-state index in [-0.39, 0.29) is 0 Å². The number of guanidine groups is 1. The van der Waals surface area contributed by atoms with Crippen molar-refractivity contribution in [2.75, 3.05) is 6.54 Å². The van der Waals surface area contributed by atoms with Gasteiger partial charge in [0.25, 0.3) is 0 Å². The Hall–Kier alpha value is -3.32. The molecule has 2 fully saturated rings. The fourth-order valence-corrected chi connectivity index (χ4v) is 7.64. The fraction of sp³-hybridized carbons (Fsp3) is 0.556. The van der Waals surface area contributed by atoms with Gasteiger partial charge >= 0.3 is 0 Å². The first-order valence-corrected chi connectivity index (χ1v) is 16.7. The number of aromatic nitrogens is 1. The van der Waals surface area contributed by atoms with Crippen LogP contribution in [-0.2, 0) is 13.1 Å². The molecule has 3 aliphatic rings. The van der Waals surface area contributed by atoms with Crippen LogP contribution in [0.25, 0.3) is 0 Å². The average molecular weight is 584 g/mol. The molecule has 2 aromatic carbocycles. The Morgan fingerprint density at radius 2 is 1.70 bits per heavy atom. The largest absolute Gasteiger partial charge is 0.457 e. The van der Waals surface area contributed by atoms with Gasteiger partial charge in [-0.3, -0.25) is 4.90 Å². The molecule has 7 nitrogen and oxygen atoms in total. The number of rotatable bonds is 11. The predicted molar refractivity (Wildman–Crippen MR) is 173 cm³/mol. The molecule has 6 rings (SSSR count). The summed E-state index contributed by atoms with van der Waals surface area (Å²) < 4.78 is 12.0. The molecular formula is C36H49N5O2. The highest BCUT2D eigenvalue weighted by atomic mass is 16.5. The highest BCUT2D eigenvalue weighted by Gasteiger charge is 2.33. The molecule has 1 atom stereocenters. The summed E-state index contributed by atoms with van der Waals surface area (Å²) in [6, 6.07) is 17.2. The van der Waals surface area contributed by atoms with Gasteiger partial charge in [0.05, 0.1) is 11.4 Å². The van der Waals surface area contributed by atoms with Crippen LogP contribution in [0.3, 0.4) is 0 Å². The SMILES string of the molecule is Cc1nc(CN(CCC[C@@H](C2CCCCC2)N2Cc3cc(Oc4ccccc4)ccc3N=C2N)C2CCCCC2)c(C)o1. The van der Waals surface area contributed by atoms with Gasteiger partial charge in [0.2, 0.25) is 0 Å². The molecule has 0 radical (unpaired) electrons. The second kappa shape index (κ2) is 14.0. The van der Waals surface area contributed by atoms with Crippen molar-refractivity contribution < 1.29 is 9.15 Å². The van der Waals surface area contributed by atoms with Crippen molar-refractivity contribution in [3.05, 3.63) is 71.4 Å². The Morgan fingerprint density at radius 3 is 2.42 bits per heavy atom. The van der Waals surface area contributed by atoms with E-state index < -0.39 is 0 Å². The van der Waals surface area contributed by atoms with E-state index in [9.17, 15) is 0 Å². The highest BCUT2D eigenvalue weighted by Crippen LogP contribution is 2.37. The lowest BCUT2D eigenvalue weighted by atomic mass is 9.81. The maximum atomic E-state index is 6.75. The molecule has 2 heterocycles. The van der Waals surface area contributed by atoms with E-state index in [0.717, 1.165) is 67.0 Å². The first kappa shape index (κ1) is 29.7. The number of nitrogens with zero attached hydrogens (tertiary/aromatic N) is 4. The number of aryl methyl sites for hydroxylation is 2. The molecule has 2 N–H and O–H groups in total. The lowest BCUT2D eigenvalue weighted by Gasteiger charge is -2.42. The Morgan fingerprint density at radius 1 is 0.953 bits per heavy atom. The van der Waals surface area contributed by atoms with Gasteiger partial charge < -0.3 is 19.8 Å². The maximum Gasteiger partial charge on any atom is 0.197 e. The third kappa shape index (κ3) is 7.43. The lowest BCUT2D eigenvalue weighted by Crippen LogP contribution is -2.49. The number of hydrogen-bond acceptors (Lipinski definition) is 7. The standard InChI is InChI=1S/C36H49N5O2/c1-26-34(38-27(2)42-26)25-40(30-15-8-4-9-16-30)22-12-19-35(28-13-6-3-7-14-28)41-24-29-23-32(20-21-33(29)39-36(41)37)43-31-17-10-5-11-18-31/h5,10-11,17-18,20-21,23,28,30,35H,3-4,6-9,12-16,19,22,24-25H2,1-2H3,(H2,37,39)/t35-/m0/s1. The first-order valence-electron chi connectivity index (χ1n) is 16.7. The van der Waals surface area contributed by atoms with Crippen LogP contribution in [0.5, 0.6) is 11.5 Å².